The fraction of sp³-hybridized carbons (Fsp3) is 0.172. The average molecular weight is 790 g/mol. The number of rotatable bonds is 12. The fourth-order valence-electron chi connectivity index (χ4n) is 10.6. The van der Waals surface area contributed by atoms with Gasteiger partial charge in [-0.25, -0.2) is 0 Å². The second kappa shape index (κ2) is 15.6. The fourth-order valence-corrected chi connectivity index (χ4v) is 10.6. The summed E-state index contributed by atoms with van der Waals surface area (Å²) in [6.45, 7) is 4.70. The van der Waals surface area contributed by atoms with Gasteiger partial charge >= 0.3 is 0 Å². The van der Waals surface area contributed by atoms with E-state index < -0.39 is 0 Å². The molecular weight excluding hydrogens is 739 g/mol. The monoisotopic (exact) mass is 789 g/mol. The number of benzene rings is 8. The molecule has 2 atom stereocenters. The summed E-state index contributed by atoms with van der Waals surface area (Å²) in [6.07, 6.45) is 7.11. The maximum absolute atomic E-state index is 2.66. The van der Waals surface area contributed by atoms with Crippen LogP contribution in [-0.2, 0) is 0 Å². The lowest BCUT2D eigenvalue weighted by Gasteiger charge is -2.23. The first-order valence-electron chi connectivity index (χ1n) is 22.4. The van der Waals surface area contributed by atoms with Crippen molar-refractivity contribution < 1.29 is 0 Å². The van der Waals surface area contributed by atoms with Crippen LogP contribution in [0.5, 0.6) is 0 Å². The number of hydrogen-bond donors (Lipinski definition) is 0. The summed E-state index contributed by atoms with van der Waals surface area (Å²) in [4.78, 5) is 0. The van der Waals surface area contributed by atoms with Crippen molar-refractivity contribution in [2.45, 2.75) is 64.3 Å². The smallest absolute Gasteiger partial charge is 0.0541 e. The van der Waals surface area contributed by atoms with Crippen molar-refractivity contribution in [1.82, 2.24) is 13.7 Å². The van der Waals surface area contributed by atoms with Gasteiger partial charge in [0, 0.05) is 60.8 Å². The predicted molar refractivity (Wildman–Crippen MR) is 261 cm³/mol. The molecule has 11 aromatic rings. The van der Waals surface area contributed by atoms with Crippen molar-refractivity contribution in [3.05, 3.63) is 194 Å². The van der Waals surface area contributed by atoms with Crippen molar-refractivity contribution >= 4 is 65.4 Å². The molecule has 0 aliphatic carbocycles. The van der Waals surface area contributed by atoms with E-state index in [-0.39, 0.29) is 0 Å². The molecule has 3 aromatic heterocycles. The molecule has 0 saturated heterocycles. The summed E-state index contributed by atoms with van der Waals surface area (Å²) in [6, 6.07) is 70.3. The second-order valence-electron chi connectivity index (χ2n) is 17.0. The van der Waals surface area contributed by atoms with Crippen molar-refractivity contribution in [3.8, 4) is 22.5 Å². The molecule has 0 aliphatic rings. The first-order valence-corrected chi connectivity index (χ1v) is 22.4. The molecule has 8 aromatic carbocycles. The maximum Gasteiger partial charge on any atom is 0.0541 e. The zero-order chi connectivity index (χ0) is 40.9. The van der Waals surface area contributed by atoms with Crippen LogP contribution in [0, 0.1) is 0 Å². The third kappa shape index (κ3) is 6.34. The Morgan fingerprint density at radius 2 is 0.787 bits per heavy atom. The Morgan fingerprint density at radius 3 is 1.25 bits per heavy atom. The molecule has 0 fully saturated rings. The molecule has 0 radical (unpaired) electrons. The molecule has 11 rings (SSSR count). The molecule has 0 bridgehead atoms. The molecule has 3 nitrogen and oxygen atoms in total. The summed E-state index contributed by atoms with van der Waals surface area (Å²) in [7, 11) is 0. The van der Waals surface area contributed by atoms with Crippen LogP contribution in [0.25, 0.3) is 87.9 Å². The standard InChI is InChI=1S/C58H51N3/c1-3-16-44(59-53-24-10-5-19-47(53)48-20-6-11-25-54(48)59)18-15-17-40(4-2)43-33-38-58-52(39-43)51-23-9-14-28-57(51)61(58)46-36-31-42(32-37-46)41-29-34-45(35-30-41)60-55-26-12-7-21-49(55)50-22-8-13-27-56(50)60/h5-14,19-40,44H,3-4,15-18H2,1-2H3. The number of nitrogens with zero attached hydrogens (tertiary/aromatic N) is 3. The van der Waals surface area contributed by atoms with Crippen LogP contribution in [0.3, 0.4) is 0 Å². The van der Waals surface area contributed by atoms with Gasteiger partial charge in [0.05, 0.1) is 22.1 Å². The van der Waals surface area contributed by atoms with Crippen LogP contribution in [0.15, 0.2) is 188 Å². The molecule has 298 valence electrons. The van der Waals surface area contributed by atoms with Crippen LogP contribution in [0.4, 0.5) is 0 Å². The van der Waals surface area contributed by atoms with E-state index in [4.69, 9.17) is 0 Å². The first-order chi connectivity index (χ1) is 30.2. The second-order valence-corrected chi connectivity index (χ2v) is 17.0. The lowest BCUT2D eigenvalue weighted by Crippen LogP contribution is -2.09. The van der Waals surface area contributed by atoms with Gasteiger partial charge in [0.25, 0.3) is 0 Å². The van der Waals surface area contributed by atoms with E-state index in [1.54, 1.807) is 0 Å². The number of para-hydroxylation sites is 5. The van der Waals surface area contributed by atoms with Crippen LogP contribution in [-0.4, -0.2) is 13.7 Å². The van der Waals surface area contributed by atoms with Gasteiger partial charge in [-0.2, -0.15) is 0 Å². The highest BCUT2D eigenvalue weighted by Gasteiger charge is 2.20. The Hall–Kier alpha value is -6.84. The molecule has 2 unspecified atom stereocenters. The molecular formula is C58H51N3. The van der Waals surface area contributed by atoms with E-state index in [2.05, 4.69) is 216 Å². The van der Waals surface area contributed by atoms with Crippen molar-refractivity contribution in [2.24, 2.45) is 0 Å². The van der Waals surface area contributed by atoms with Crippen molar-refractivity contribution in [3.63, 3.8) is 0 Å². The van der Waals surface area contributed by atoms with Gasteiger partial charge in [0.1, 0.15) is 0 Å². The lowest BCUT2D eigenvalue weighted by molar-refractivity contribution is 0.418. The highest BCUT2D eigenvalue weighted by Crippen LogP contribution is 2.39. The van der Waals surface area contributed by atoms with Crippen LogP contribution >= 0.6 is 0 Å². The van der Waals surface area contributed by atoms with E-state index >= 15 is 0 Å². The number of fused-ring (bicyclic) bond motifs is 9. The highest BCUT2D eigenvalue weighted by molar-refractivity contribution is 6.11. The summed E-state index contributed by atoms with van der Waals surface area (Å²) in [5.74, 6) is 0.521. The Bertz CT molecular complexity index is 3230. The van der Waals surface area contributed by atoms with Gasteiger partial charge in [-0.1, -0.05) is 148 Å². The van der Waals surface area contributed by atoms with E-state index in [0.717, 1.165) is 6.42 Å². The minimum Gasteiger partial charge on any atom is -0.337 e. The zero-order valence-corrected chi connectivity index (χ0v) is 35.1. The van der Waals surface area contributed by atoms with Gasteiger partial charge in [0.15, 0.2) is 0 Å². The maximum atomic E-state index is 2.66. The zero-order valence-electron chi connectivity index (χ0n) is 35.1. The minimum atomic E-state index is 0.491. The van der Waals surface area contributed by atoms with Crippen molar-refractivity contribution in [1.29, 1.82) is 0 Å². The quantitative estimate of drug-likeness (QED) is 0.117. The predicted octanol–water partition coefficient (Wildman–Crippen LogP) is 16.4. The van der Waals surface area contributed by atoms with Gasteiger partial charge in [-0.3, -0.25) is 0 Å². The topological polar surface area (TPSA) is 14.8 Å². The van der Waals surface area contributed by atoms with Gasteiger partial charge < -0.3 is 13.7 Å². The molecule has 0 aliphatic heterocycles. The molecule has 0 spiro atoms. The van der Waals surface area contributed by atoms with E-state index in [1.807, 2.05) is 0 Å². The van der Waals surface area contributed by atoms with E-state index in [1.165, 1.54) is 126 Å². The summed E-state index contributed by atoms with van der Waals surface area (Å²) in [5.41, 5.74) is 14.0. The van der Waals surface area contributed by atoms with E-state index in [9.17, 15) is 0 Å². The van der Waals surface area contributed by atoms with E-state index in [0.29, 0.717) is 12.0 Å². The normalized spacial score (nSPS) is 13.0. The first kappa shape index (κ1) is 37.2. The van der Waals surface area contributed by atoms with Gasteiger partial charge in [-0.15, -0.1) is 0 Å². The van der Waals surface area contributed by atoms with Crippen LogP contribution < -0.4 is 0 Å². The van der Waals surface area contributed by atoms with Crippen molar-refractivity contribution in [2.75, 3.05) is 0 Å². The SMILES string of the molecule is CCCC(CCCC(CC)c1ccc2c(c1)c1ccccc1n2-c1ccc(-c2ccc(-n3c4ccccc4c4ccccc43)cc2)cc1)n1c2ccccc2c2ccccc21. The molecule has 3 heteroatoms. The average Bonchev–Trinajstić information content (AvgIpc) is 3.96. The Kier molecular flexibility index (Phi) is 9.53. The molecule has 3 heterocycles. The third-order valence-corrected chi connectivity index (χ3v) is 13.5. The molecule has 0 amide bonds. The Balaban J connectivity index is 0.860. The highest BCUT2D eigenvalue weighted by atomic mass is 15.0. The molecule has 0 saturated carbocycles. The number of hydrogen-bond acceptors (Lipinski definition) is 0. The molecule has 61 heavy (non-hydrogen) atoms. The van der Waals surface area contributed by atoms with Gasteiger partial charge in [0.2, 0.25) is 0 Å². The summed E-state index contributed by atoms with van der Waals surface area (Å²) >= 11 is 0. The van der Waals surface area contributed by atoms with Gasteiger partial charge in [-0.05, 0) is 115 Å². The van der Waals surface area contributed by atoms with Crippen LogP contribution in [0.1, 0.15) is 69.9 Å². The Morgan fingerprint density at radius 1 is 0.377 bits per heavy atom. The summed E-state index contributed by atoms with van der Waals surface area (Å²) < 4.78 is 7.49. The minimum absolute atomic E-state index is 0.491. The Labute approximate surface area is 358 Å². The largest absolute Gasteiger partial charge is 0.337 e. The third-order valence-electron chi connectivity index (χ3n) is 13.5. The summed E-state index contributed by atoms with van der Waals surface area (Å²) in [5, 5.41) is 7.96. The number of aromatic nitrogens is 3. The molecule has 0 N–H and O–H groups in total. The van der Waals surface area contributed by atoms with Crippen LogP contribution in [0.2, 0.25) is 0 Å². The lowest BCUT2D eigenvalue weighted by atomic mass is 9.89.